The summed E-state index contributed by atoms with van der Waals surface area (Å²) in [4.78, 5) is 88.0. The van der Waals surface area contributed by atoms with Crippen molar-refractivity contribution < 1.29 is 85.2 Å². The van der Waals surface area contributed by atoms with Crippen molar-refractivity contribution in [3.8, 4) is 0 Å². The molecule has 5 rings (SSSR count). The Morgan fingerprint density at radius 3 is 2.49 bits per heavy atom. The maximum absolute atomic E-state index is 12.7. The zero-order valence-corrected chi connectivity index (χ0v) is 33.4. The third-order valence-corrected chi connectivity index (χ3v) is 12.4. The third-order valence-electron chi connectivity index (χ3n) is 8.38. The first-order valence-electron chi connectivity index (χ1n) is 16.7. The molecule has 0 spiro atoms. The molecule has 10 N–H and O–H groups in total. The van der Waals surface area contributed by atoms with Crippen molar-refractivity contribution in [2.75, 3.05) is 37.8 Å². The van der Waals surface area contributed by atoms with Crippen molar-refractivity contribution in [1.29, 1.82) is 0 Å². The Balaban J connectivity index is 1.05. The van der Waals surface area contributed by atoms with Gasteiger partial charge in [0.2, 0.25) is 16.9 Å². The van der Waals surface area contributed by atoms with Gasteiger partial charge in [-0.2, -0.15) is 4.31 Å². The van der Waals surface area contributed by atoms with Gasteiger partial charge in [-0.3, -0.25) is 32.5 Å². The Morgan fingerprint density at radius 2 is 1.77 bits per heavy atom. The van der Waals surface area contributed by atoms with Crippen molar-refractivity contribution in [3.63, 3.8) is 0 Å². The maximum atomic E-state index is 12.7. The molecule has 9 unspecified atom stereocenters. The molecule has 2 aliphatic heterocycles. The number of nitrogen functional groups attached to an aromatic ring is 1. The lowest BCUT2D eigenvalue weighted by Crippen LogP contribution is -2.46. The van der Waals surface area contributed by atoms with Gasteiger partial charge >= 0.3 is 23.5 Å². The van der Waals surface area contributed by atoms with Crippen LogP contribution in [0.1, 0.15) is 26.5 Å². The number of epoxide rings is 1. The standard InChI is InChI=1S/C28H40N7O18P3S/c1-28(2,22(38)25(39)31-7-6-17(36)30-8-9-57-27(40)14-4-3-5-15-20(14)50-15)11-49-56(46,47)53-55(44,45)48-10-16-21(52-54(41,42)43)19(37)26(51-16)35-13-34-18-23(29)32-12-33-24(18)35/h3-5,12-13,15-16,19-22,26,37-38H,6-11H2,1-2H3,(H,30,36)(H,31,39)(H,44,45)(H,46,47)(H2,29,32,33)(H2,41,42,43). The van der Waals surface area contributed by atoms with E-state index in [9.17, 15) is 57.9 Å². The highest BCUT2D eigenvalue weighted by molar-refractivity contribution is 8.14. The maximum Gasteiger partial charge on any atom is 0.481 e. The minimum absolute atomic E-state index is 0.0286. The van der Waals surface area contributed by atoms with Gasteiger partial charge in [0.15, 0.2) is 17.7 Å². The summed E-state index contributed by atoms with van der Waals surface area (Å²) < 4.78 is 67.5. The van der Waals surface area contributed by atoms with Crippen LogP contribution in [0.4, 0.5) is 5.82 Å². The molecule has 4 heterocycles. The van der Waals surface area contributed by atoms with Crippen molar-refractivity contribution in [1.82, 2.24) is 30.2 Å². The number of nitrogens with zero attached hydrogens (tertiary/aromatic N) is 4. The van der Waals surface area contributed by atoms with Crippen LogP contribution < -0.4 is 16.4 Å². The van der Waals surface area contributed by atoms with Gasteiger partial charge < -0.3 is 55.6 Å². The van der Waals surface area contributed by atoms with E-state index in [0.717, 1.165) is 29.0 Å². The molecule has 0 aromatic carbocycles. The molecule has 9 atom stereocenters. The van der Waals surface area contributed by atoms with Crippen LogP contribution in [-0.2, 0) is 55.4 Å². The highest BCUT2D eigenvalue weighted by Gasteiger charge is 2.50. The fraction of sp³-hybridized carbons (Fsp3) is 0.571. The van der Waals surface area contributed by atoms with Crippen LogP contribution in [-0.4, -0.2) is 135 Å². The number of rotatable bonds is 20. The molecule has 316 valence electrons. The quantitative estimate of drug-likeness (QED) is 0.0434. The Morgan fingerprint density at radius 1 is 1.05 bits per heavy atom. The molecule has 29 heteroatoms. The molecule has 2 amide bonds. The molecule has 2 fully saturated rings. The molecule has 25 nitrogen and oxygen atoms in total. The predicted molar refractivity (Wildman–Crippen MR) is 193 cm³/mol. The van der Waals surface area contributed by atoms with E-state index in [1.807, 2.05) is 6.08 Å². The number of ether oxygens (including phenoxy) is 2. The van der Waals surface area contributed by atoms with Gasteiger partial charge in [-0.05, 0) is 0 Å². The molecule has 3 aliphatic rings. The topological polar surface area (TPSA) is 376 Å². The first-order valence-corrected chi connectivity index (χ1v) is 22.2. The number of aromatic nitrogens is 4. The molecule has 0 saturated carbocycles. The Hall–Kier alpha value is -3.00. The van der Waals surface area contributed by atoms with Crippen LogP contribution in [0.3, 0.4) is 0 Å². The fourth-order valence-electron chi connectivity index (χ4n) is 5.43. The zero-order valence-electron chi connectivity index (χ0n) is 29.9. The van der Waals surface area contributed by atoms with Crippen LogP contribution >= 0.6 is 35.2 Å². The average molecular weight is 888 g/mol. The number of amides is 2. The number of anilines is 1. The molecular weight excluding hydrogens is 847 g/mol. The van der Waals surface area contributed by atoms with Crippen LogP contribution in [0.2, 0.25) is 0 Å². The SMILES string of the molecule is CC(C)(COP(=O)(O)OP(=O)(O)OCC1OC(n2cnc3c(N)ncnc32)C(O)C1OP(=O)(O)O)C(O)C(=O)NCCC(=O)NCCSC(=O)C1=CC=CC2OC12. The molecule has 2 aromatic rings. The summed E-state index contributed by atoms with van der Waals surface area (Å²) in [6.07, 6.45) is -1.94. The lowest BCUT2D eigenvalue weighted by atomic mass is 9.87. The van der Waals surface area contributed by atoms with E-state index < -0.39 is 84.6 Å². The van der Waals surface area contributed by atoms with Gasteiger partial charge in [-0.15, -0.1) is 0 Å². The number of nitrogens with one attached hydrogen (secondary N) is 2. The van der Waals surface area contributed by atoms with Gasteiger partial charge in [0.1, 0.15) is 48.5 Å². The second kappa shape index (κ2) is 18.1. The number of hydrogen-bond donors (Lipinski definition) is 9. The number of nitrogens with two attached hydrogens (primary N) is 1. The van der Waals surface area contributed by atoms with E-state index in [4.69, 9.17) is 24.3 Å². The van der Waals surface area contributed by atoms with Gasteiger partial charge in [0.05, 0.1) is 19.5 Å². The van der Waals surface area contributed by atoms with Crippen LogP contribution in [0.15, 0.2) is 36.5 Å². The lowest BCUT2D eigenvalue weighted by molar-refractivity contribution is -0.137. The summed E-state index contributed by atoms with van der Waals surface area (Å²) >= 11 is 1.02. The summed E-state index contributed by atoms with van der Waals surface area (Å²) in [5.41, 5.74) is 4.81. The Kier molecular flexibility index (Phi) is 14.3. The lowest BCUT2D eigenvalue weighted by Gasteiger charge is -2.30. The van der Waals surface area contributed by atoms with Crippen LogP contribution in [0.5, 0.6) is 0 Å². The minimum Gasteiger partial charge on any atom is -0.386 e. The van der Waals surface area contributed by atoms with Crippen molar-refractivity contribution >= 4 is 69.1 Å². The number of carbonyl (C=O) groups excluding carboxylic acids is 3. The molecule has 2 aromatic heterocycles. The van der Waals surface area contributed by atoms with E-state index in [-0.39, 0.29) is 53.8 Å². The zero-order chi connectivity index (χ0) is 41.9. The van der Waals surface area contributed by atoms with Crippen molar-refractivity contribution in [2.24, 2.45) is 5.41 Å². The van der Waals surface area contributed by atoms with Gasteiger partial charge in [0.25, 0.3) is 0 Å². The van der Waals surface area contributed by atoms with E-state index in [2.05, 4.69) is 34.4 Å². The molecular formula is C28H40N7O18P3S. The number of phosphoric acid groups is 3. The summed E-state index contributed by atoms with van der Waals surface area (Å²) in [7, 11) is -16.4. The second-order valence-electron chi connectivity index (χ2n) is 13.2. The number of phosphoric ester groups is 3. The molecule has 2 saturated heterocycles. The number of imidazole rings is 1. The van der Waals surface area contributed by atoms with Crippen molar-refractivity contribution in [2.45, 2.75) is 63.1 Å². The smallest absolute Gasteiger partial charge is 0.386 e. The van der Waals surface area contributed by atoms with E-state index in [0.29, 0.717) is 11.3 Å². The van der Waals surface area contributed by atoms with Gasteiger partial charge in [-0.25, -0.2) is 28.6 Å². The summed E-state index contributed by atoms with van der Waals surface area (Å²) in [5, 5.41) is 26.2. The predicted octanol–water partition coefficient (Wildman–Crippen LogP) is -1.07. The molecule has 0 bridgehead atoms. The van der Waals surface area contributed by atoms with Gasteiger partial charge in [0, 0.05) is 36.3 Å². The second-order valence-corrected chi connectivity index (χ2v) is 18.5. The summed E-state index contributed by atoms with van der Waals surface area (Å²) in [6, 6.07) is 0. The minimum atomic E-state index is -5.57. The van der Waals surface area contributed by atoms with E-state index in [1.165, 1.54) is 13.8 Å². The number of fused-ring (bicyclic) bond motifs is 2. The molecule has 57 heavy (non-hydrogen) atoms. The van der Waals surface area contributed by atoms with E-state index in [1.54, 1.807) is 12.2 Å². The van der Waals surface area contributed by atoms with E-state index >= 15 is 0 Å². The molecule has 1 aliphatic carbocycles. The first-order chi connectivity index (χ1) is 26.6. The highest BCUT2D eigenvalue weighted by Crippen LogP contribution is 2.61. The number of aliphatic hydroxyl groups is 2. The monoisotopic (exact) mass is 887 g/mol. The summed E-state index contributed by atoms with van der Waals surface area (Å²) in [6.45, 7) is 0.431. The number of allylic oxidation sites excluding steroid dienone is 2. The Labute approximate surface area is 326 Å². The fourth-order valence-corrected chi connectivity index (χ4v) is 8.99. The average Bonchev–Trinajstić information content (AvgIpc) is 3.71. The number of carbonyl (C=O) groups is 3. The Bertz CT molecular complexity index is 2050. The van der Waals surface area contributed by atoms with Crippen LogP contribution in [0, 0.1) is 5.41 Å². The third kappa shape index (κ3) is 12.0. The summed E-state index contributed by atoms with van der Waals surface area (Å²) in [5.74, 6) is -1.18. The number of hydrogen-bond acceptors (Lipinski definition) is 19. The first kappa shape index (κ1) is 45.1. The normalized spacial score (nSPS) is 25.9. The number of aliphatic hydroxyl groups excluding tert-OH is 2. The highest BCUT2D eigenvalue weighted by atomic mass is 32.2. The number of thioether (sulfide) groups is 1. The van der Waals surface area contributed by atoms with Crippen LogP contribution in [0.25, 0.3) is 11.2 Å². The largest absolute Gasteiger partial charge is 0.481 e. The molecule has 0 radical (unpaired) electrons. The van der Waals surface area contributed by atoms with Crippen molar-refractivity contribution in [3.05, 3.63) is 36.5 Å². The van der Waals surface area contributed by atoms with Gasteiger partial charge in [-0.1, -0.05) is 43.8 Å².